The maximum absolute atomic E-state index is 6.18. The number of imidazole rings is 1. The lowest BCUT2D eigenvalue weighted by Crippen LogP contribution is -2.15. The van der Waals surface area contributed by atoms with E-state index in [1.54, 1.807) is 0 Å². The minimum Gasteiger partial charge on any atom is -0.327 e. The summed E-state index contributed by atoms with van der Waals surface area (Å²) in [6.07, 6.45) is 2.02. The van der Waals surface area contributed by atoms with Crippen LogP contribution in [0.25, 0.3) is 11.0 Å². The van der Waals surface area contributed by atoms with Crippen molar-refractivity contribution in [3.8, 4) is 0 Å². The molecule has 0 saturated heterocycles. The lowest BCUT2D eigenvalue weighted by Gasteiger charge is -2.12. The molecule has 0 spiro atoms. The molecule has 0 aliphatic rings. The largest absolute Gasteiger partial charge is 0.327 e. The van der Waals surface area contributed by atoms with Crippen molar-refractivity contribution in [3.63, 3.8) is 0 Å². The van der Waals surface area contributed by atoms with Crippen LogP contribution >= 0.6 is 0 Å². The molecule has 98 valence electrons. The molecule has 2 rings (SSSR count). The number of hydrogen-bond donors (Lipinski definition) is 1. The van der Waals surface area contributed by atoms with E-state index < -0.39 is 0 Å². The van der Waals surface area contributed by atoms with Crippen molar-refractivity contribution < 1.29 is 0 Å². The summed E-state index contributed by atoms with van der Waals surface area (Å²) in [5, 5.41) is 0. The van der Waals surface area contributed by atoms with Gasteiger partial charge in [-0.1, -0.05) is 13.8 Å². The van der Waals surface area contributed by atoms with Gasteiger partial charge >= 0.3 is 0 Å². The quantitative estimate of drug-likeness (QED) is 0.896. The fraction of sp³-hybridized carbons (Fsp3) is 0.533. The van der Waals surface area contributed by atoms with Crippen molar-refractivity contribution in [2.45, 2.75) is 53.1 Å². The van der Waals surface area contributed by atoms with E-state index in [4.69, 9.17) is 10.7 Å². The van der Waals surface area contributed by atoms with Gasteiger partial charge in [0.05, 0.1) is 17.1 Å². The van der Waals surface area contributed by atoms with Crippen LogP contribution in [0, 0.1) is 13.8 Å². The molecule has 2 aromatic rings. The highest BCUT2D eigenvalue weighted by molar-refractivity contribution is 5.78. The molecule has 0 bridgehead atoms. The minimum absolute atomic E-state index is 0.0320. The van der Waals surface area contributed by atoms with Crippen LogP contribution in [0.3, 0.4) is 0 Å². The maximum Gasteiger partial charge on any atom is 0.126 e. The molecule has 0 saturated carbocycles. The van der Waals surface area contributed by atoms with Crippen LogP contribution in [0.5, 0.6) is 0 Å². The normalized spacial score (nSPS) is 13.2. The average Bonchev–Trinajstić information content (AvgIpc) is 2.68. The number of rotatable bonds is 4. The molecule has 3 nitrogen and oxygen atoms in total. The summed E-state index contributed by atoms with van der Waals surface area (Å²) in [6.45, 7) is 9.57. The first kappa shape index (κ1) is 13.1. The molecule has 0 fully saturated rings. The predicted octanol–water partition coefficient (Wildman–Crippen LogP) is 3.47. The van der Waals surface area contributed by atoms with Crippen LogP contribution in [-0.4, -0.2) is 9.55 Å². The Morgan fingerprint density at radius 1 is 1.22 bits per heavy atom. The fourth-order valence-electron chi connectivity index (χ4n) is 2.32. The maximum atomic E-state index is 6.18. The minimum atomic E-state index is 0.0320. The Labute approximate surface area is 109 Å². The molecule has 3 heteroatoms. The summed E-state index contributed by atoms with van der Waals surface area (Å²) in [6, 6.07) is 4.44. The Kier molecular flexibility index (Phi) is 3.71. The van der Waals surface area contributed by atoms with Gasteiger partial charge in [-0.15, -0.1) is 0 Å². The van der Waals surface area contributed by atoms with Gasteiger partial charge in [-0.2, -0.15) is 0 Å². The Hall–Kier alpha value is -1.35. The summed E-state index contributed by atoms with van der Waals surface area (Å²) in [4.78, 5) is 4.74. The van der Waals surface area contributed by atoms with E-state index >= 15 is 0 Å². The molecule has 18 heavy (non-hydrogen) atoms. The third-order valence-corrected chi connectivity index (χ3v) is 3.61. The zero-order valence-electron chi connectivity index (χ0n) is 11.8. The predicted molar refractivity (Wildman–Crippen MR) is 76.7 cm³/mol. The van der Waals surface area contributed by atoms with E-state index in [-0.39, 0.29) is 6.04 Å². The number of fused-ring (bicyclic) bond motifs is 1. The van der Waals surface area contributed by atoms with E-state index in [2.05, 4.69) is 44.4 Å². The van der Waals surface area contributed by atoms with Crippen molar-refractivity contribution in [2.75, 3.05) is 0 Å². The monoisotopic (exact) mass is 245 g/mol. The Balaban J connectivity index is 2.67. The lowest BCUT2D eigenvalue weighted by molar-refractivity contribution is 0.576. The standard InChI is InChI=1S/C15H23N3/c1-5-7-18-14-9-11(4)10(3)8-13(14)17-15(18)12(16)6-2/h8-9,12H,5-7,16H2,1-4H3. The number of benzene rings is 1. The molecule has 1 aromatic carbocycles. The van der Waals surface area contributed by atoms with Crippen molar-refractivity contribution in [1.82, 2.24) is 9.55 Å². The molecule has 0 amide bonds. The van der Waals surface area contributed by atoms with Crippen LogP contribution < -0.4 is 5.73 Å². The van der Waals surface area contributed by atoms with Gasteiger partial charge < -0.3 is 10.3 Å². The number of nitrogens with two attached hydrogens (primary N) is 1. The molecule has 1 heterocycles. The third-order valence-electron chi connectivity index (χ3n) is 3.61. The van der Waals surface area contributed by atoms with Crippen LogP contribution in [0.1, 0.15) is 49.7 Å². The molecule has 1 aromatic heterocycles. The molecule has 0 aliphatic carbocycles. The van der Waals surface area contributed by atoms with E-state index in [1.807, 2.05) is 0 Å². The van der Waals surface area contributed by atoms with Crippen molar-refractivity contribution in [2.24, 2.45) is 5.73 Å². The second kappa shape index (κ2) is 5.11. The van der Waals surface area contributed by atoms with Gasteiger partial charge in [0.2, 0.25) is 0 Å². The van der Waals surface area contributed by atoms with Gasteiger partial charge in [0, 0.05) is 6.54 Å². The summed E-state index contributed by atoms with van der Waals surface area (Å²) in [5.41, 5.74) is 11.1. The third kappa shape index (κ3) is 2.15. The zero-order chi connectivity index (χ0) is 13.3. The lowest BCUT2D eigenvalue weighted by atomic mass is 10.1. The van der Waals surface area contributed by atoms with Gasteiger partial charge in [0.25, 0.3) is 0 Å². The van der Waals surface area contributed by atoms with Crippen molar-refractivity contribution in [3.05, 3.63) is 29.1 Å². The Morgan fingerprint density at radius 2 is 1.89 bits per heavy atom. The SMILES string of the molecule is CCCn1c(C(N)CC)nc2cc(C)c(C)cc21. The van der Waals surface area contributed by atoms with E-state index in [0.29, 0.717) is 0 Å². The van der Waals surface area contributed by atoms with E-state index in [1.165, 1.54) is 16.6 Å². The number of aromatic nitrogens is 2. The fourth-order valence-corrected chi connectivity index (χ4v) is 2.32. The summed E-state index contributed by atoms with van der Waals surface area (Å²) in [7, 11) is 0. The highest BCUT2D eigenvalue weighted by atomic mass is 15.1. The summed E-state index contributed by atoms with van der Waals surface area (Å²) < 4.78 is 2.29. The first-order valence-corrected chi connectivity index (χ1v) is 6.81. The summed E-state index contributed by atoms with van der Waals surface area (Å²) >= 11 is 0. The zero-order valence-corrected chi connectivity index (χ0v) is 11.8. The van der Waals surface area contributed by atoms with E-state index in [0.717, 1.165) is 30.7 Å². The number of nitrogens with zero attached hydrogens (tertiary/aromatic N) is 2. The Morgan fingerprint density at radius 3 is 2.50 bits per heavy atom. The highest BCUT2D eigenvalue weighted by Crippen LogP contribution is 2.24. The smallest absolute Gasteiger partial charge is 0.126 e. The van der Waals surface area contributed by atoms with Crippen LogP contribution in [0.2, 0.25) is 0 Å². The number of aryl methyl sites for hydroxylation is 3. The highest BCUT2D eigenvalue weighted by Gasteiger charge is 2.15. The van der Waals surface area contributed by atoms with Crippen LogP contribution in [0.15, 0.2) is 12.1 Å². The van der Waals surface area contributed by atoms with Gasteiger partial charge in [-0.25, -0.2) is 4.98 Å². The Bertz CT molecular complexity index is 554. The van der Waals surface area contributed by atoms with Gasteiger partial charge in [0.1, 0.15) is 5.82 Å². The average molecular weight is 245 g/mol. The molecule has 0 aliphatic heterocycles. The van der Waals surface area contributed by atoms with Gasteiger partial charge in [-0.3, -0.25) is 0 Å². The van der Waals surface area contributed by atoms with E-state index in [9.17, 15) is 0 Å². The molecular weight excluding hydrogens is 222 g/mol. The molecule has 1 atom stereocenters. The first-order valence-electron chi connectivity index (χ1n) is 6.81. The van der Waals surface area contributed by atoms with Crippen molar-refractivity contribution >= 4 is 11.0 Å². The van der Waals surface area contributed by atoms with Gasteiger partial charge in [0.15, 0.2) is 0 Å². The molecule has 0 radical (unpaired) electrons. The first-order chi connectivity index (χ1) is 8.58. The summed E-state index contributed by atoms with van der Waals surface area (Å²) in [5.74, 6) is 1.03. The topological polar surface area (TPSA) is 43.8 Å². The number of hydrogen-bond acceptors (Lipinski definition) is 2. The second-order valence-electron chi connectivity index (χ2n) is 5.06. The molecule has 2 N–H and O–H groups in total. The molecular formula is C15H23N3. The van der Waals surface area contributed by atoms with Gasteiger partial charge in [-0.05, 0) is 49.9 Å². The van der Waals surface area contributed by atoms with Crippen LogP contribution in [-0.2, 0) is 6.54 Å². The van der Waals surface area contributed by atoms with Crippen LogP contribution in [0.4, 0.5) is 0 Å². The second-order valence-corrected chi connectivity index (χ2v) is 5.06. The molecule has 1 unspecified atom stereocenters. The van der Waals surface area contributed by atoms with Crippen molar-refractivity contribution in [1.29, 1.82) is 0 Å².